The third-order valence-corrected chi connectivity index (χ3v) is 6.33. The molecule has 26 heavy (non-hydrogen) atoms. The largest absolute Gasteiger partial charge is 0.467 e. The van der Waals surface area contributed by atoms with Crippen molar-refractivity contribution in [3.8, 4) is 0 Å². The monoisotopic (exact) mass is 374 g/mol. The van der Waals surface area contributed by atoms with Crippen LogP contribution in [0.2, 0.25) is 0 Å². The molecule has 2 aliphatic rings. The first kappa shape index (κ1) is 16.8. The van der Waals surface area contributed by atoms with Crippen molar-refractivity contribution in [3.63, 3.8) is 0 Å². The van der Waals surface area contributed by atoms with E-state index >= 15 is 0 Å². The van der Waals surface area contributed by atoms with Gasteiger partial charge < -0.3 is 14.6 Å². The summed E-state index contributed by atoms with van der Waals surface area (Å²) >= 11 is 0. The lowest BCUT2D eigenvalue weighted by Crippen LogP contribution is -2.41. The van der Waals surface area contributed by atoms with E-state index in [1.807, 2.05) is 0 Å². The van der Waals surface area contributed by atoms with Gasteiger partial charge in [-0.25, -0.2) is 13.2 Å². The fourth-order valence-corrected chi connectivity index (χ4v) is 4.59. The smallest absolute Gasteiger partial charge is 0.318 e. The van der Waals surface area contributed by atoms with Crippen LogP contribution in [0, 0.1) is 0 Å². The summed E-state index contributed by atoms with van der Waals surface area (Å²) in [5.74, 6) is 0.687. The lowest BCUT2D eigenvalue weighted by Gasteiger charge is -2.22. The van der Waals surface area contributed by atoms with E-state index in [4.69, 9.17) is 4.42 Å². The number of furan rings is 1. The highest BCUT2D eigenvalue weighted by Gasteiger charge is 2.37. The van der Waals surface area contributed by atoms with Gasteiger partial charge in [-0.1, -0.05) is 0 Å². The number of sulfonamides is 1. The van der Waals surface area contributed by atoms with Crippen molar-refractivity contribution < 1.29 is 17.6 Å². The number of hydrogen-bond donors (Lipinski definition) is 1. The zero-order valence-corrected chi connectivity index (χ0v) is 14.8. The first-order chi connectivity index (χ1) is 12.5. The summed E-state index contributed by atoms with van der Waals surface area (Å²) in [5.41, 5.74) is 1.98. The van der Waals surface area contributed by atoms with Gasteiger partial charge in [-0.05, 0) is 35.4 Å². The van der Waals surface area contributed by atoms with Gasteiger partial charge in [0.1, 0.15) is 10.7 Å². The summed E-state index contributed by atoms with van der Waals surface area (Å²) in [5, 5.41) is 2.81. The molecule has 136 valence electrons. The summed E-state index contributed by atoms with van der Waals surface area (Å²) in [6.45, 7) is 1.84. The van der Waals surface area contributed by atoms with Gasteiger partial charge in [-0.2, -0.15) is 4.31 Å². The Morgan fingerprint density at radius 3 is 2.54 bits per heavy atom. The van der Waals surface area contributed by atoms with E-state index in [0.717, 1.165) is 11.1 Å². The van der Waals surface area contributed by atoms with E-state index in [9.17, 15) is 13.2 Å². The molecule has 8 nitrogen and oxygen atoms in total. The molecule has 4 heterocycles. The minimum Gasteiger partial charge on any atom is -0.467 e. The summed E-state index contributed by atoms with van der Waals surface area (Å²) < 4.78 is 32.0. The highest BCUT2D eigenvalue weighted by Crippen LogP contribution is 2.29. The van der Waals surface area contributed by atoms with Gasteiger partial charge >= 0.3 is 6.03 Å². The van der Waals surface area contributed by atoms with Crippen molar-refractivity contribution in [3.05, 3.63) is 59.8 Å². The Kier molecular flexibility index (Phi) is 4.25. The molecule has 0 radical (unpaired) electrons. The van der Waals surface area contributed by atoms with E-state index in [0.29, 0.717) is 38.5 Å². The molecule has 0 spiro atoms. The van der Waals surface area contributed by atoms with Crippen LogP contribution in [-0.4, -0.2) is 54.8 Å². The van der Waals surface area contributed by atoms with Crippen LogP contribution in [0.1, 0.15) is 5.76 Å². The van der Waals surface area contributed by atoms with Gasteiger partial charge in [0, 0.05) is 38.6 Å². The Bertz CT molecular complexity index is 920. The summed E-state index contributed by atoms with van der Waals surface area (Å²) in [7, 11) is -3.56. The van der Waals surface area contributed by atoms with Crippen molar-refractivity contribution >= 4 is 16.1 Å². The Morgan fingerprint density at radius 2 is 1.92 bits per heavy atom. The van der Waals surface area contributed by atoms with Crippen LogP contribution in [0.25, 0.3) is 0 Å². The maximum Gasteiger partial charge on any atom is 0.318 e. The summed E-state index contributed by atoms with van der Waals surface area (Å²) in [4.78, 5) is 18.0. The van der Waals surface area contributed by atoms with Crippen molar-refractivity contribution in [2.45, 2.75) is 11.4 Å². The predicted octanol–water partition coefficient (Wildman–Crippen LogP) is 1.20. The molecule has 9 heteroatoms. The molecule has 0 aromatic carbocycles. The standard InChI is InChI=1S/C17H18N4O4S/c22-17(19-7-15-3-2-6-25-15)20-9-13-11-21(12-14(13)10-20)26(23,24)16-4-1-5-18-8-16/h1-6,8H,7,9-12H2,(H,19,22). The van der Waals surface area contributed by atoms with Crippen LogP contribution in [-0.2, 0) is 16.6 Å². The normalized spacial score (nSPS) is 17.6. The molecule has 0 saturated carbocycles. The quantitative estimate of drug-likeness (QED) is 0.812. The molecule has 2 amide bonds. The topological polar surface area (TPSA) is 95.8 Å². The van der Waals surface area contributed by atoms with Crippen molar-refractivity contribution in [2.75, 3.05) is 26.2 Å². The number of urea groups is 1. The molecule has 0 aliphatic carbocycles. The van der Waals surface area contributed by atoms with E-state index in [1.165, 1.54) is 10.5 Å². The summed E-state index contributed by atoms with van der Waals surface area (Å²) in [6.07, 6.45) is 4.46. The van der Waals surface area contributed by atoms with E-state index in [2.05, 4.69) is 10.3 Å². The van der Waals surface area contributed by atoms with Crippen LogP contribution in [0.3, 0.4) is 0 Å². The maximum atomic E-state index is 12.7. The molecule has 0 saturated heterocycles. The van der Waals surface area contributed by atoms with Crippen molar-refractivity contribution in [1.82, 2.24) is 19.5 Å². The van der Waals surface area contributed by atoms with Crippen molar-refractivity contribution in [1.29, 1.82) is 0 Å². The van der Waals surface area contributed by atoms with Gasteiger partial charge in [0.2, 0.25) is 10.0 Å². The molecule has 2 aromatic rings. The van der Waals surface area contributed by atoms with Crippen LogP contribution in [0.5, 0.6) is 0 Å². The lowest BCUT2D eigenvalue weighted by molar-refractivity contribution is 0.207. The highest BCUT2D eigenvalue weighted by molar-refractivity contribution is 7.89. The van der Waals surface area contributed by atoms with Gasteiger partial charge in [0.15, 0.2) is 0 Å². The van der Waals surface area contributed by atoms with E-state index in [1.54, 1.807) is 41.6 Å². The van der Waals surface area contributed by atoms with Crippen LogP contribution < -0.4 is 5.32 Å². The van der Waals surface area contributed by atoms with E-state index < -0.39 is 10.0 Å². The van der Waals surface area contributed by atoms with Gasteiger partial charge in [-0.15, -0.1) is 0 Å². The fourth-order valence-electron chi connectivity index (χ4n) is 3.20. The number of amides is 2. The zero-order valence-electron chi connectivity index (χ0n) is 14.0. The minimum atomic E-state index is -3.56. The molecule has 0 unspecified atom stereocenters. The zero-order chi connectivity index (χ0) is 18.1. The number of aromatic nitrogens is 1. The maximum absolute atomic E-state index is 12.7. The van der Waals surface area contributed by atoms with Crippen LogP contribution in [0.15, 0.2) is 63.4 Å². The average Bonchev–Trinajstić information content (AvgIpc) is 3.36. The molecule has 2 aliphatic heterocycles. The first-order valence-corrected chi connectivity index (χ1v) is 9.63. The Balaban J connectivity index is 1.35. The number of pyridine rings is 1. The molecule has 4 rings (SSSR count). The Hall–Kier alpha value is -2.65. The van der Waals surface area contributed by atoms with Gasteiger partial charge in [-0.3, -0.25) is 4.98 Å². The molecular formula is C17H18N4O4S. The van der Waals surface area contributed by atoms with Crippen molar-refractivity contribution in [2.24, 2.45) is 0 Å². The molecule has 1 N–H and O–H groups in total. The minimum absolute atomic E-state index is 0.183. The number of nitrogens with zero attached hydrogens (tertiary/aromatic N) is 3. The van der Waals surface area contributed by atoms with Gasteiger partial charge in [0.25, 0.3) is 0 Å². The molecule has 0 bridgehead atoms. The Labute approximate surface area is 151 Å². The molecule has 0 fully saturated rings. The third kappa shape index (κ3) is 3.11. The van der Waals surface area contributed by atoms with Crippen LogP contribution in [0.4, 0.5) is 4.79 Å². The number of carbonyl (C=O) groups is 1. The Morgan fingerprint density at radius 1 is 1.15 bits per heavy atom. The molecule has 2 aromatic heterocycles. The second-order valence-corrected chi connectivity index (χ2v) is 8.20. The number of hydrogen-bond acceptors (Lipinski definition) is 5. The third-order valence-electron chi connectivity index (χ3n) is 4.55. The molecule has 0 atom stereocenters. The van der Waals surface area contributed by atoms with Crippen LogP contribution >= 0.6 is 0 Å². The predicted molar refractivity (Wildman–Crippen MR) is 92.5 cm³/mol. The second kappa shape index (κ2) is 6.58. The SMILES string of the molecule is O=C(NCc1ccco1)N1CC2=C(C1)CN(S(=O)(=O)c1cccnc1)C2. The van der Waals surface area contributed by atoms with E-state index in [-0.39, 0.29) is 10.9 Å². The molecular weight excluding hydrogens is 356 g/mol. The lowest BCUT2D eigenvalue weighted by atomic mass is 10.2. The number of carbonyl (C=O) groups excluding carboxylic acids is 1. The average molecular weight is 374 g/mol. The highest BCUT2D eigenvalue weighted by atomic mass is 32.2. The fraction of sp³-hybridized carbons (Fsp3) is 0.294. The second-order valence-electron chi connectivity index (χ2n) is 6.26. The number of nitrogens with one attached hydrogen (secondary N) is 1. The van der Waals surface area contributed by atoms with Gasteiger partial charge in [0.05, 0.1) is 12.8 Å². The number of rotatable bonds is 4. The summed E-state index contributed by atoms with van der Waals surface area (Å²) in [6, 6.07) is 6.53. The first-order valence-electron chi connectivity index (χ1n) is 8.19.